The van der Waals surface area contributed by atoms with Gasteiger partial charge in [-0.05, 0) is 57.8 Å². The van der Waals surface area contributed by atoms with E-state index in [9.17, 15) is 69.9 Å². The Balaban J connectivity index is 1.54. The van der Waals surface area contributed by atoms with E-state index < -0.39 is 123 Å². The molecule has 0 aromatic rings. The summed E-state index contributed by atoms with van der Waals surface area (Å²) in [6, 6.07) is 0. The Morgan fingerprint density at radius 3 is 0.935 bits per heavy atom. The standard InChI is InChI=1S/C64H119N5O24/c1-44-55(78)58(81)47(38-70)91-61(44)88-32-18-10-6-14-28-66-51(74)24-35-85-41-64(69-54(77)23-21-22-50(73)65-27-13-5-9-17-31-84-4,42-86-36-25-52(75)67-29-15-7-11-19-33-89-62-45(2)56(79)59(82)48(39-71)92-62)43-87-37-26-53(76)68-30-16-8-12-20-34-90-63-46(3)57(80)60(83)49(40-72)93-63/h44-49,55-63,70-72,78-83H,5-43H2,1-4H3,(H,65,73)(H,66,74)(H,67,75)(H,68,76)(H,69,77)/t44-,45-,46-,47?,48?,49?,55?,56?,57?,58-,59-,60-,61+,62+,63+,64?/m0/s1. The lowest BCUT2D eigenvalue weighted by atomic mass is 9.92. The van der Waals surface area contributed by atoms with Crippen molar-refractivity contribution in [2.24, 2.45) is 17.8 Å². The average molecular weight is 1340 g/mol. The normalized spacial score (nSPS) is 27.1. The molecule has 3 fully saturated rings. The van der Waals surface area contributed by atoms with E-state index in [1.807, 2.05) is 0 Å². The van der Waals surface area contributed by atoms with Crippen LogP contribution in [0.2, 0.25) is 0 Å². The number of unbranched alkanes of at least 4 members (excludes halogenated alkanes) is 12. The van der Waals surface area contributed by atoms with Crippen LogP contribution >= 0.6 is 0 Å². The Hall–Kier alpha value is -3.41. The van der Waals surface area contributed by atoms with Crippen molar-refractivity contribution in [3.63, 3.8) is 0 Å². The molecule has 0 bridgehead atoms. The molecule has 3 rings (SSSR count). The molecule has 0 aliphatic carbocycles. The summed E-state index contributed by atoms with van der Waals surface area (Å²) in [5.41, 5.74) is -1.36. The van der Waals surface area contributed by atoms with Crippen molar-refractivity contribution in [2.75, 3.05) is 119 Å². The lowest BCUT2D eigenvalue weighted by Crippen LogP contribution is -2.58. The summed E-state index contributed by atoms with van der Waals surface area (Å²) in [7, 11) is 1.66. The number of carbonyl (C=O) groups excluding carboxylic acids is 5. The van der Waals surface area contributed by atoms with Gasteiger partial charge < -0.3 is 120 Å². The van der Waals surface area contributed by atoms with Crippen LogP contribution in [-0.2, 0) is 71.3 Å². The second-order valence-corrected chi connectivity index (χ2v) is 24.9. The summed E-state index contributed by atoms with van der Waals surface area (Å²) >= 11 is 0. The van der Waals surface area contributed by atoms with Crippen LogP contribution in [-0.4, -0.2) is 274 Å². The van der Waals surface area contributed by atoms with Crippen molar-refractivity contribution in [3.8, 4) is 0 Å². The van der Waals surface area contributed by atoms with Crippen LogP contribution in [0.1, 0.15) is 162 Å². The van der Waals surface area contributed by atoms with Gasteiger partial charge in [-0.1, -0.05) is 72.1 Å². The number of methoxy groups -OCH3 is 1. The Morgan fingerprint density at radius 1 is 0.355 bits per heavy atom. The summed E-state index contributed by atoms with van der Waals surface area (Å²) in [6.45, 7) is 6.62. The van der Waals surface area contributed by atoms with Gasteiger partial charge in [-0.25, -0.2) is 0 Å². The molecule has 3 aliphatic rings. The van der Waals surface area contributed by atoms with Gasteiger partial charge in [0.05, 0.1) is 77.8 Å². The van der Waals surface area contributed by atoms with Crippen LogP contribution in [0, 0.1) is 17.8 Å². The van der Waals surface area contributed by atoms with Gasteiger partial charge in [0, 0.05) is 110 Å². The average Bonchev–Trinajstić information content (AvgIpc) is 1.17. The van der Waals surface area contributed by atoms with Gasteiger partial charge >= 0.3 is 0 Å². The van der Waals surface area contributed by atoms with Gasteiger partial charge in [0.15, 0.2) is 18.9 Å². The zero-order valence-electron chi connectivity index (χ0n) is 55.9. The van der Waals surface area contributed by atoms with Gasteiger partial charge in [-0.3, -0.25) is 24.0 Å². The first kappa shape index (κ1) is 83.8. The minimum Gasteiger partial charge on any atom is -0.394 e. The molecule has 0 aromatic carbocycles. The van der Waals surface area contributed by atoms with Crippen LogP contribution in [0.5, 0.6) is 0 Å². The summed E-state index contributed by atoms with van der Waals surface area (Å²) in [6.07, 6.45) is 0.964. The highest BCUT2D eigenvalue weighted by Gasteiger charge is 2.45. The molecule has 5 amide bonds. The number of aliphatic hydroxyl groups is 9. The maximum absolute atomic E-state index is 13.8. The fraction of sp³-hybridized carbons (Fsp3) is 0.922. The molecule has 3 saturated heterocycles. The van der Waals surface area contributed by atoms with E-state index in [1.54, 1.807) is 27.9 Å². The maximum Gasteiger partial charge on any atom is 0.222 e. The number of carbonyl (C=O) groups is 5. The fourth-order valence-corrected chi connectivity index (χ4v) is 10.9. The van der Waals surface area contributed by atoms with E-state index in [4.69, 9.17) is 47.4 Å². The number of hydrogen-bond acceptors (Lipinski definition) is 24. The van der Waals surface area contributed by atoms with E-state index in [0.717, 1.165) is 64.2 Å². The van der Waals surface area contributed by atoms with Crippen LogP contribution in [0.25, 0.3) is 0 Å². The highest BCUT2D eigenvalue weighted by Crippen LogP contribution is 2.30. The van der Waals surface area contributed by atoms with E-state index in [0.29, 0.717) is 91.1 Å². The Kier molecular flexibility index (Phi) is 45.1. The van der Waals surface area contributed by atoms with Gasteiger partial charge in [0.25, 0.3) is 0 Å². The molecule has 0 spiro atoms. The van der Waals surface area contributed by atoms with Gasteiger partial charge in [-0.15, -0.1) is 0 Å². The lowest BCUT2D eigenvalue weighted by molar-refractivity contribution is -0.282. The van der Waals surface area contributed by atoms with Gasteiger partial charge in [0.2, 0.25) is 29.5 Å². The number of amides is 5. The number of hydrogen-bond donors (Lipinski definition) is 14. The molecule has 14 N–H and O–H groups in total. The predicted octanol–water partition coefficient (Wildman–Crippen LogP) is -0.140. The topological polar surface area (TPSA) is 420 Å². The molecule has 0 saturated carbocycles. The first-order valence-corrected chi connectivity index (χ1v) is 34.1. The zero-order valence-corrected chi connectivity index (χ0v) is 55.9. The van der Waals surface area contributed by atoms with Crippen molar-refractivity contribution in [1.29, 1.82) is 0 Å². The number of rotatable bonds is 54. The molecular weight excluding hydrogens is 1220 g/mol. The number of nitrogens with one attached hydrogen (secondary N) is 5. The van der Waals surface area contributed by atoms with E-state index in [-0.39, 0.29) is 102 Å². The molecule has 29 nitrogen and oxygen atoms in total. The first-order valence-electron chi connectivity index (χ1n) is 34.1. The number of ether oxygens (including phenoxy) is 10. The number of aliphatic hydroxyl groups excluding tert-OH is 9. The molecule has 544 valence electrons. The van der Waals surface area contributed by atoms with Gasteiger partial charge in [0.1, 0.15) is 42.2 Å². The molecule has 93 heavy (non-hydrogen) atoms. The third-order valence-corrected chi connectivity index (χ3v) is 17.0. The first-order chi connectivity index (χ1) is 44.8. The lowest BCUT2D eigenvalue weighted by Gasteiger charge is -2.40. The van der Waals surface area contributed by atoms with Gasteiger partial charge in [-0.2, -0.15) is 0 Å². The van der Waals surface area contributed by atoms with E-state index in [2.05, 4.69) is 26.6 Å². The van der Waals surface area contributed by atoms with Crippen molar-refractivity contribution in [1.82, 2.24) is 26.6 Å². The predicted molar refractivity (Wildman–Crippen MR) is 337 cm³/mol. The Bertz CT molecular complexity index is 1810. The molecule has 0 aromatic heterocycles. The van der Waals surface area contributed by atoms with Crippen LogP contribution < -0.4 is 26.6 Å². The van der Waals surface area contributed by atoms with Crippen LogP contribution in [0.15, 0.2) is 0 Å². The Labute approximate surface area is 550 Å². The summed E-state index contributed by atoms with van der Waals surface area (Å²) < 4.78 is 57.7. The molecular formula is C64H119N5O24. The molecule has 15 atom stereocenters. The zero-order chi connectivity index (χ0) is 68.2. The fourth-order valence-electron chi connectivity index (χ4n) is 10.9. The molecule has 29 heteroatoms. The summed E-state index contributed by atoms with van der Waals surface area (Å²) in [5, 5.41) is 104. The van der Waals surface area contributed by atoms with Crippen molar-refractivity contribution >= 4 is 29.5 Å². The maximum atomic E-state index is 13.8. The smallest absolute Gasteiger partial charge is 0.222 e. The van der Waals surface area contributed by atoms with Crippen molar-refractivity contribution in [3.05, 3.63) is 0 Å². The van der Waals surface area contributed by atoms with Crippen molar-refractivity contribution < 1.29 is 117 Å². The third-order valence-electron chi connectivity index (χ3n) is 17.0. The summed E-state index contributed by atoms with van der Waals surface area (Å²) in [4.78, 5) is 65.5. The minimum absolute atomic E-state index is 0.00666. The monoisotopic (exact) mass is 1340 g/mol. The molecule has 3 heterocycles. The minimum atomic E-state index is -1.36. The van der Waals surface area contributed by atoms with E-state index in [1.165, 1.54) is 0 Å². The second-order valence-electron chi connectivity index (χ2n) is 24.9. The van der Waals surface area contributed by atoms with E-state index >= 15 is 0 Å². The summed E-state index contributed by atoms with van der Waals surface area (Å²) in [5.74, 6) is -2.81. The van der Waals surface area contributed by atoms with Crippen molar-refractivity contribution in [2.45, 2.75) is 241 Å². The van der Waals surface area contributed by atoms with Crippen LogP contribution in [0.4, 0.5) is 0 Å². The Morgan fingerprint density at radius 2 is 0.634 bits per heavy atom. The largest absolute Gasteiger partial charge is 0.394 e. The highest BCUT2D eigenvalue weighted by atomic mass is 16.7. The second kappa shape index (κ2) is 50.0. The quantitative estimate of drug-likeness (QED) is 0.0352. The highest BCUT2D eigenvalue weighted by molar-refractivity contribution is 5.79. The molecule has 3 aliphatic heterocycles. The SMILES string of the molecule is COCCCCCCNC(=O)CCCC(=O)NC(COCCC(=O)NCCCCCCO[C@@H]1OC(CO)[C@H](O)C(O)[C@@H]1C)(COCCC(=O)NCCCCCCO[C@@H]1OC(CO)[C@H](O)C(O)[C@@H]1C)COCCC(=O)NCCCCCCO[C@@H]1OC(CO)[C@H](O)C(O)[C@@H]1C. The third kappa shape index (κ3) is 34.1. The van der Waals surface area contributed by atoms with Crippen LogP contribution in [0.3, 0.4) is 0 Å². The molecule has 0 radical (unpaired) electrons. The molecule has 6 unspecified atom stereocenters.